The summed E-state index contributed by atoms with van der Waals surface area (Å²) >= 11 is 6.00. The summed E-state index contributed by atoms with van der Waals surface area (Å²) in [5.74, 6) is 0.239. The van der Waals surface area contributed by atoms with E-state index in [1.807, 2.05) is 18.2 Å². The summed E-state index contributed by atoms with van der Waals surface area (Å²) in [5.41, 5.74) is 3.15. The van der Waals surface area contributed by atoms with Gasteiger partial charge in [-0.25, -0.2) is 5.43 Å². The lowest BCUT2D eigenvalue weighted by molar-refractivity contribution is -0.122. The van der Waals surface area contributed by atoms with Gasteiger partial charge < -0.3 is 4.90 Å². The van der Waals surface area contributed by atoms with Crippen molar-refractivity contribution in [2.45, 2.75) is 25.8 Å². The SMILES string of the molecule is O=C(Cn1nnc(N2CCCCC2)n1)NN=Cc1ccccc1Cl. The molecule has 1 aliphatic heterocycles. The van der Waals surface area contributed by atoms with Gasteiger partial charge in [0, 0.05) is 23.7 Å². The summed E-state index contributed by atoms with van der Waals surface area (Å²) in [6.07, 6.45) is 4.99. The Kier molecular flexibility index (Phi) is 5.37. The van der Waals surface area contributed by atoms with E-state index in [0.717, 1.165) is 31.5 Å². The molecule has 9 heteroatoms. The number of aromatic nitrogens is 4. The number of hydrogen-bond acceptors (Lipinski definition) is 6. The second kappa shape index (κ2) is 7.87. The van der Waals surface area contributed by atoms with E-state index in [4.69, 9.17) is 11.6 Å². The predicted octanol–water partition coefficient (Wildman–Crippen LogP) is 1.47. The monoisotopic (exact) mass is 347 g/mol. The highest BCUT2D eigenvalue weighted by molar-refractivity contribution is 6.33. The lowest BCUT2D eigenvalue weighted by atomic mass is 10.1. The third-order valence-electron chi connectivity index (χ3n) is 3.66. The van der Waals surface area contributed by atoms with Gasteiger partial charge in [0.25, 0.3) is 11.9 Å². The third kappa shape index (κ3) is 4.29. The van der Waals surface area contributed by atoms with Crippen molar-refractivity contribution in [2.24, 2.45) is 5.10 Å². The predicted molar refractivity (Wildman–Crippen MR) is 91.1 cm³/mol. The molecule has 3 rings (SSSR count). The Bertz CT molecular complexity index is 724. The average molecular weight is 348 g/mol. The minimum atomic E-state index is -0.333. The second-order valence-corrected chi connectivity index (χ2v) is 5.89. The molecule has 0 bridgehead atoms. The van der Waals surface area contributed by atoms with Crippen LogP contribution in [0.15, 0.2) is 29.4 Å². The van der Waals surface area contributed by atoms with Gasteiger partial charge in [0.1, 0.15) is 6.54 Å². The topological polar surface area (TPSA) is 88.3 Å². The fraction of sp³-hybridized carbons (Fsp3) is 0.400. The van der Waals surface area contributed by atoms with Gasteiger partial charge in [-0.15, -0.1) is 5.10 Å². The molecule has 1 aromatic carbocycles. The minimum absolute atomic E-state index is 0.0410. The molecule has 2 aromatic rings. The van der Waals surface area contributed by atoms with E-state index in [2.05, 4.69) is 30.8 Å². The molecule has 1 saturated heterocycles. The van der Waals surface area contributed by atoms with Gasteiger partial charge in [0.05, 0.1) is 6.21 Å². The zero-order valence-corrected chi connectivity index (χ0v) is 13.9. The quantitative estimate of drug-likeness (QED) is 0.653. The van der Waals surface area contributed by atoms with Crippen molar-refractivity contribution in [3.63, 3.8) is 0 Å². The summed E-state index contributed by atoms with van der Waals surface area (Å²) in [4.78, 5) is 15.2. The van der Waals surface area contributed by atoms with Crippen LogP contribution in [0.3, 0.4) is 0 Å². The van der Waals surface area contributed by atoms with Crippen LogP contribution in [0.4, 0.5) is 5.95 Å². The largest absolute Gasteiger partial charge is 0.338 e. The highest BCUT2D eigenvalue weighted by Crippen LogP contribution is 2.14. The highest BCUT2D eigenvalue weighted by atomic mass is 35.5. The first-order chi connectivity index (χ1) is 11.7. The van der Waals surface area contributed by atoms with Gasteiger partial charge in [-0.1, -0.05) is 34.9 Å². The van der Waals surface area contributed by atoms with E-state index >= 15 is 0 Å². The summed E-state index contributed by atoms with van der Waals surface area (Å²) in [7, 11) is 0. The Morgan fingerprint density at radius 1 is 1.29 bits per heavy atom. The number of hydrogen-bond donors (Lipinski definition) is 1. The van der Waals surface area contributed by atoms with Crippen molar-refractivity contribution >= 4 is 29.7 Å². The van der Waals surface area contributed by atoms with Crippen LogP contribution in [0.1, 0.15) is 24.8 Å². The fourth-order valence-corrected chi connectivity index (χ4v) is 2.62. The maximum absolute atomic E-state index is 11.9. The molecule has 1 fully saturated rings. The normalized spacial score (nSPS) is 15.0. The number of hydrazone groups is 1. The van der Waals surface area contributed by atoms with Gasteiger partial charge in [-0.05, 0) is 30.5 Å². The molecule has 0 saturated carbocycles. The van der Waals surface area contributed by atoms with Crippen LogP contribution in [0.5, 0.6) is 0 Å². The molecule has 1 aliphatic rings. The fourth-order valence-electron chi connectivity index (χ4n) is 2.44. The Labute approximate surface area is 144 Å². The molecule has 0 radical (unpaired) electrons. The Hall–Kier alpha value is -2.48. The molecule has 126 valence electrons. The van der Waals surface area contributed by atoms with Gasteiger partial charge in [-0.3, -0.25) is 4.79 Å². The van der Waals surface area contributed by atoms with E-state index < -0.39 is 0 Å². The van der Waals surface area contributed by atoms with Crippen LogP contribution in [-0.4, -0.2) is 45.4 Å². The van der Waals surface area contributed by atoms with Crippen LogP contribution in [0.25, 0.3) is 0 Å². The lowest BCUT2D eigenvalue weighted by Crippen LogP contribution is -2.30. The van der Waals surface area contributed by atoms with Crippen molar-refractivity contribution in [1.82, 2.24) is 25.6 Å². The summed E-state index contributed by atoms with van der Waals surface area (Å²) < 4.78 is 0. The average Bonchev–Trinajstić information content (AvgIpc) is 3.06. The van der Waals surface area contributed by atoms with Crippen LogP contribution < -0.4 is 10.3 Å². The van der Waals surface area contributed by atoms with Crippen LogP contribution in [0, 0.1) is 0 Å². The van der Waals surface area contributed by atoms with Gasteiger partial charge in [-0.2, -0.15) is 9.90 Å². The summed E-state index contributed by atoms with van der Waals surface area (Å²) in [6, 6.07) is 7.24. The molecule has 0 aliphatic carbocycles. The second-order valence-electron chi connectivity index (χ2n) is 5.48. The van der Waals surface area contributed by atoms with Gasteiger partial charge in [0.2, 0.25) is 0 Å². The third-order valence-corrected chi connectivity index (χ3v) is 4.01. The number of carbonyl (C=O) groups is 1. The first kappa shape index (κ1) is 16.4. The number of rotatable bonds is 5. The Morgan fingerprint density at radius 2 is 2.08 bits per heavy atom. The van der Waals surface area contributed by atoms with Crippen molar-refractivity contribution < 1.29 is 4.79 Å². The molecule has 0 spiro atoms. The van der Waals surface area contributed by atoms with Crippen molar-refractivity contribution in [3.05, 3.63) is 34.9 Å². The number of piperidine rings is 1. The van der Waals surface area contributed by atoms with Crippen molar-refractivity contribution in [3.8, 4) is 0 Å². The van der Waals surface area contributed by atoms with E-state index in [9.17, 15) is 4.79 Å². The molecular formula is C15H18ClN7O. The first-order valence-corrected chi connectivity index (χ1v) is 8.19. The number of anilines is 1. The standard InChI is InChI=1S/C15H18ClN7O/c16-13-7-3-2-6-12(13)10-17-18-14(24)11-23-20-15(19-21-23)22-8-4-1-5-9-22/h2-3,6-7,10H,1,4-5,8-9,11H2,(H,18,24). The maximum Gasteiger partial charge on any atom is 0.266 e. The Morgan fingerprint density at radius 3 is 2.88 bits per heavy atom. The van der Waals surface area contributed by atoms with Crippen LogP contribution >= 0.6 is 11.6 Å². The molecule has 2 heterocycles. The van der Waals surface area contributed by atoms with Crippen LogP contribution in [0.2, 0.25) is 5.02 Å². The van der Waals surface area contributed by atoms with Crippen molar-refractivity contribution in [1.29, 1.82) is 0 Å². The number of benzene rings is 1. The Balaban J connectivity index is 1.52. The molecule has 0 atom stereocenters. The number of carbonyl (C=O) groups excluding carboxylic acids is 1. The number of nitrogens with one attached hydrogen (secondary N) is 1. The van der Waals surface area contributed by atoms with E-state index in [0.29, 0.717) is 11.0 Å². The highest BCUT2D eigenvalue weighted by Gasteiger charge is 2.16. The summed E-state index contributed by atoms with van der Waals surface area (Å²) in [5, 5.41) is 16.6. The lowest BCUT2D eigenvalue weighted by Gasteiger charge is -2.24. The van der Waals surface area contributed by atoms with Crippen molar-refractivity contribution in [2.75, 3.05) is 18.0 Å². The number of tetrazole rings is 1. The molecule has 8 nitrogen and oxygen atoms in total. The summed E-state index contributed by atoms with van der Waals surface area (Å²) in [6.45, 7) is 1.82. The number of nitrogens with zero attached hydrogens (tertiary/aromatic N) is 6. The molecule has 1 N–H and O–H groups in total. The van der Waals surface area contributed by atoms with Gasteiger partial charge in [0.15, 0.2) is 0 Å². The van der Waals surface area contributed by atoms with E-state index in [1.54, 1.807) is 6.07 Å². The zero-order chi connectivity index (χ0) is 16.8. The zero-order valence-electron chi connectivity index (χ0n) is 13.1. The minimum Gasteiger partial charge on any atom is -0.338 e. The molecule has 24 heavy (non-hydrogen) atoms. The molecule has 0 unspecified atom stereocenters. The first-order valence-electron chi connectivity index (χ1n) is 7.81. The maximum atomic E-state index is 11.9. The van der Waals surface area contributed by atoms with Gasteiger partial charge >= 0.3 is 0 Å². The molecule has 1 amide bonds. The van der Waals surface area contributed by atoms with E-state index in [-0.39, 0.29) is 12.5 Å². The molecule has 1 aromatic heterocycles. The molecular weight excluding hydrogens is 330 g/mol. The number of amides is 1. The smallest absolute Gasteiger partial charge is 0.266 e. The van der Waals surface area contributed by atoms with Crippen LogP contribution in [-0.2, 0) is 11.3 Å². The number of halogens is 1. The van der Waals surface area contributed by atoms with E-state index in [1.165, 1.54) is 17.4 Å².